The minimum atomic E-state index is 0.157. The Morgan fingerprint density at radius 1 is 1.11 bits per heavy atom. The first-order valence-corrected chi connectivity index (χ1v) is 6.73. The van der Waals surface area contributed by atoms with Gasteiger partial charge in [0.15, 0.2) is 0 Å². The first-order chi connectivity index (χ1) is 9.16. The normalized spacial score (nSPS) is 12.3. The molecule has 2 aromatic rings. The van der Waals surface area contributed by atoms with Gasteiger partial charge in [-0.05, 0) is 44.0 Å². The summed E-state index contributed by atoms with van der Waals surface area (Å²) in [6.45, 7) is 4.96. The van der Waals surface area contributed by atoms with Gasteiger partial charge in [-0.3, -0.25) is 0 Å². The molecule has 0 aliphatic rings. The lowest BCUT2D eigenvalue weighted by Crippen LogP contribution is -2.21. The van der Waals surface area contributed by atoms with Crippen molar-refractivity contribution in [2.24, 2.45) is 0 Å². The average molecular weight is 255 g/mol. The number of phenolic OH excluding ortho intramolecular Hbond substituents is 1. The zero-order valence-corrected chi connectivity index (χ0v) is 11.6. The summed E-state index contributed by atoms with van der Waals surface area (Å²) in [6, 6.07) is 16.4. The van der Waals surface area contributed by atoms with Crippen LogP contribution in [0.5, 0.6) is 5.75 Å². The van der Waals surface area contributed by atoms with Crippen LogP contribution in [0.25, 0.3) is 0 Å². The SMILES string of the molecule is Cc1ccc(C(C)NCCc2ccccc2)c(O)c1. The molecular formula is C17H21NO. The molecule has 0 bridgehead atoms. The third-order valence-electron chi connectivity index (χ3n) is 3.36. The standard InChI is InChI=1S/C17H21NO/c1-13-8-9-16(17(19)12-13)14(2)18-11-10-15-6-4-3-5-7-15/h3-9,12,14,18-19H,10-11H2,1-2H3. The van der Waals surface area contributed by atoms with Crippen LogP contribution in [0.4, 0.5) is 0 Å². The molecule has 0 fully saturated rings. The van der Waals surface area contributed by atoms with Gasteiger partial charge >= 0.3 is 0 Å². The van der Waals surface area contributed by atoms with Crippen LogP contribution >= 0.6 is 0 Å². The lowest BCUT2D eigenvalue weighted by molar-refractivity contribution is 0.452. The maximum absolute atomic E-state index is 9.94. The molecule has 0 aromatic heterocycles. The van der Waals surface area contributed by atoms with E-state index >= 15 is 0 Å². The van der Waals surface area contributed by atoms with E-state index in [2.05, 4.69) is 36.5 Å². The van der Waals surface area contributed by atoms with E-state index in [1.165, 1.54) is 5.56 Å². The summed E-state index contributed by atoms with van der Waals surface area (Å²) >= 11 is 0. The first-order valence-electron chi connectivity index (χ1n) is 6.73. The Morgan fingerprint density at radius 2 is 1.84 bits per heavy atom. The van der Waals surface area contributed by atoms with E-state index in [-0.39, 0.29) is 6.04 Å². The Labute approximate surface area is 115 Å². The van der Waals surface area contributed by atoms with Gasteiger partial charge in [-0.2, -0.15) is 0 Å². The minimum Gasteiger partial charge on any atom is -0.508 e. The second-order valence-electron chi connectivity index (χ2n) is 4.97. The number of benzene rings is 2. The van der Waals surface area contributed by atoms with Gasteiger partial charge in [0.25, 0.3) is 0 Å². The second-order valence-corrected chi connectivity index (χ2v) is 4.97. The van der Waals surface area contributed by atoms with Crippen molar-refractivity contribution in [2.75, 3.05) is 6.54 Å². The quantitative estimate of drug-likeness (QED) is 0.855. The molecule has 0 aliphatic heterocycles. The molecule has 2 rings (SSSR count). The van der Waals surface area contributed by atoms with E-state index in [0.29, 0.717) is 5.75 Å². The molecule has 0 heterocycles. The number of rotatable bonds is 5. The zero-order chi connectivity index (χ0) is 13.7. The Morgan fingerprint density at radius 3 is 2.53 bits per heavy atom. The summed E-state index contributed by atoms with van der Waals surface area (Å²) in [6.07, 6.45) is 0.998. The van der Waals surface area contributed by atoms with Crippen molar-refractivity contribution in [1.82, 2.24) is 5.32 Å². The molecule has 19 heavy (non-hydrogen) atoms. The van der Waals surface area contributed by atoms with Crippen LogP contribution in [-0.4, -0.2) is 11.7 Å². The fraction of sp³-hybridized carbons (Fsp3) is 0.294. The van der Waals surface area contributed by atoms with Crippen molar-refractivity contribution in [1.29, 1.82) is 0 Å². The molecule has 0 saturated heterocycles. The molecule has 2 N–H and O–H groups in total. The summed E-state index contributed by atoms with van der Waals surface area (Å²) in [5.74, 6) is 0.375. The van der Waals surface area contributed by atoms with Crippen LogP contribution in [0.3, 0.4) is 0 Å². The summed E-state index contributed by atoms with van der Waals surface area (Å²) < 4.78 is 0. The molecule has 0 saturated carbocycles. The number of hydrogen-bond donors (Lipinski definition) is 2. The van der Waals surface area contributed by atoms with Gasteiger partial charge in [0.1, 0.15) is 5.75 Å². The van der Waals surface area contributed by atoms with Crippen molar-refractivity contribution < 1.29 is 5.11 Å². The number of phenols is 1. The topological polar surface area (TPSA) is 32.3 Å². The van der Waals surface area contributed by atoms with Crippen LogP contribution in [0, 0.1) is 6.92 Å². The van der Waals surface area contributed by atoms with Crippen molar-refractivity contribution in [3.05, 3.63) is 65.2 Å². The molecular weight excluding hydrogens is 234 g/mol. The first kappa shape index (κ1) is 13.6. The number of aromatic hydroxyl groups is 1. The molecule has 100 valence electrons. The molecule has 2 nitrogen and oxygen atoms in total. The third kappa shape index (κ3) is 3.83. The van der Waals surface area contributed by atoms with E-state index in [9.17, 15) is 5.11 Å². The largest absolute Gasteiger partial charge is 0.508 e. The number of hydrogen-bond acceptors (Lipinski definition) is 2. The number of aryl methyl sites for hydroxylation is 1. The smallest absolute Gasteiger partial charge is 0.120 e. The predicted molar refractivity (Wildman–Crippen MR) is 79.4 cm³/mol. The van der Waals surface area contributed by atoms with E-state index < -0.39 is 0 Å². The Bertz CT molecular complexity index is 522. The second kappa shape index (κ2) is 6.39. The molecule has 2 heteroatoms. The highest BCUT2D eigenvalue weighted by molar-refractivity contribution is 5.37. The Hall–Kier alpha value is -1.80. The van der Waals surface area contributed by atoms with E-state index in [1.54, 1.807) is 0 Å². The molecule has 1 atom stereocenters. The van der Waals surface area contributed by atoms with Crippen molar-refractivity contribution >= 4 is 0 Å². The lowest BCUT2D eigenvalue weighted by Gasteiger charge is -2.16. The maximum atomic E-state index is 9.94. The Balaban J connectivity index is 1.89. The molecule has 0 amide bonds. The van der Waals surface area contributed by atoms with Gasteiger partial charge in [0.05, 0.1) is 0 Å². The van der Waals surface area contributed by atoms with Crippen molar-refractivity contribution in [3.63, 3.8) is 0 Å². The van der Waals surface area contributed by atoms with Crippen molar-refractivity contribution in [3.8, 4) is 5.75 Å². The average Bonchev–Trinajstić information content (AvgIpc) is 2.39. The zero-order valence-electron chi connectivity index (χ0n) is 11.6. The summed E-state index contributed by atoms with van der Waals surface area (Å²) in [5, 5.41) is 13.4. The van der Waals surface area contributed by atoms with Gasteiger partial charge in [0.2, 0.25) is 0 Å². The van der Waals surface area contributed by atoms with Crippen LogP contribution in [-0.2, 0) is 6.42 Å². The lowest BCUT2D eigenvalue weighted by atomic mass is 10.0. The van der Waals surface area contributed by atoms with Crippen LogP contribution in [0.2, 0.25) is 0 Å². The van der Waals surface area contributed by atoms with Crippen LogP contribution in [0.1, 0.15) is 29.7 Å². The molecule has 2 aromatic carbocycles. The highest BCUT2D eigenvalue weighted by Gasteiger charge is 2.09. The van der Waals surface area contributed by atoms with Crippen LogP contribution < -0.4 is 5.32 Å². The van der Waals surface area contributed by atoms with Crippen molar-refractivity contribution in [2.45, 2.75) is 26.3 Å². The molecule has 1 unspecified atom stereocenters. The van der Waals surface area contributed by atoms with Gasteiger partial charge in [-0.1, -0.05) is 42.5 Å². The monoisotopic (exact) mass is 255 g/mol. The van der Waals surface area contributed by atoms with Gasteiger partial charge in [-0.15, -0.1) is 0 Å². The third-order valence-corrected chi connectivity index (χ3v) is 3.36. The molecule has 0 spiro atoms. The fourth-order valence-electron chi connectivity index (χ4n) is 2.21. The summed E-state index contributed by atoms with van der Waals surface area (Å²) in [7, 11) is 0. The molecule has 0 aliphatic carbocycles. The number of nitrogens with one attached hydrogen (secondary N) is 1. The minimum absolute atomic E-state index is 0.157. The molecule has 0 radical (unpaired) electrons. The van der Waals surface area contributed by atoms with E-state index in [4.69, 9.17) is 0 Å². The predicted octanol–water partition coefficient (Wildman–Crippen LogP) is 3.59. The Kier molecular flexibility index (Phi) is 4.58. The summed E-state index contributed by atoms with van der Waals surface area (Å²) in [4.78, 5) is 0. The van der Waals surface area contributed by atoms with E-state index in [1.807, 2.05) is 31.2 Å². The highest BCUT2D eigenvalue weighted by Crippen LogP contribution is 2.24. The summed E-state index contributed by atoms with van der Waals surface area (Å²) in [5.41, 5.74) is 3.37. The van der Waals surface area contributed by atoms with Gasteiger partial charge in [-0.25, -0.2) is 0 Å². The fourth-order valence-corrected chi connectivity index (χ4v) is 2.21. The maximum Gasteiger partial charge on any atom is 0.120 e. The van der Waals surface area contributed by atoms with Gasteiger partial charge < -0.3 is 10.4 Å². The van der Waals surface area contributed by atoms with E-state index in [0.717, 1.165) is 24.1 Å². The highest BCUT2D eigenvalue weighted by atomic mass is 16.3. The van der Waals surface area contributed by atoms with Crippen LogP contribution in [0.15, 0.2) is 48.5 Å². The van der Waals surface area contributed by atoms with Gasteiger partial charge in [0, 0.05) is 11.6 Å².